The number of pyridine rings is 1. The van der Waals surface area contributed by atoms with E-state index in [4.69, 9.17) is 14.2 Å². The zero-order valence-corrected chi connectivity index (χ0v) is 15.1. The first-order valence-electron chi connectivity index (χ1n) is 9.10. The van der Waals surface area contributed by atoms with Gasteiger partial charge >= 0.3 is 0 Å². The minimum absolute atomic E-state index is 0.0250. The van der Waals surface area contributed by atoms with Gasteiger partial charge in [-0.25, -0.2) is 4.98 Å². The number of benzene rings is 2. The molecule has 3 aromatic rings. The Hall–Kier alpha value is -3.54. The third kappa shape index (κ3) is 3.03. The van der Waals surface area contributed by atoms with Crippen LogP contribution in [0.5, 0.6) is 17.4 Å². The molecule has 0 N–H and O–H groups in total. The Morgan fingerprint density at radius 2 is 1.82 bits per heavy atom. The number of rotatable bonds is 3. The highest BCUT2D eigenvalue weighted by Crippen LogP contribution is 2.35. The van der Waals surface area contributed by atoms with Gasteiger partial charge in [-0.3, -0.25) is 4.79 Å². The Morgan fingerprint density at radius 1 is 0.964 bits per heavy atom. The van der Waals surface area contributed by atoms with Crippen molar-refractivity contribution in [3.05, 3.63) is 71.9 Å². The molecule has 28 heavy (non-hydrogen) atoms. The lowest BCUT2D eigenvalue weighted by molar-refractivity contribution is -0.133. The fourth-order valence-electron chi connectivity index (χ4n) is 3.54. The smallest absolute Gasteiger partial charge is 0.261 e. The van der Waals surface area contributed by atoms with Crippen LogP contribution in [-0.2, 0) is 17.9 Å². The average Bonchev–Trinajstić information content (AvgIpc) is 3.14. The van der Waals surface area contributed by atoms with E-state index in [1.54, 1.807) is 11.1 Å². The number of hydrogen-bond donors (Lipinski definition) is 0. The predicted octanol–water partition coefficient (Wildman–Crippen LogP) is 3.40. The van der Waals surface area contributed by atoms with Gasteiger partial charge in [-0.1, -0.05) is 36.4 Å². The summed E-state index contributed by atoms with van der Waals surface area (Å²) in [5.74, 6) is 1.89. The Labute approximate surface area is 162 Å². The van der Waals surface area contributed by atoms with E-state index in [0.717, 1.165) is 28.0 Å². The van der Waals surface area contributed by atoms with Crippen molar-refractivity contribution in [2.45, 2.75) is 13.1 Å². The Kier molecular flexibility index (Phi) is 4.09. The van der Waals surface area contributed by atoms with Gasteiger partial charge in [-0.15, -0.1) is 0 Å². The molecule has 0 radical (unpaired) electrons. The molecule has 2 aliphatic rings. The van der Waals surface area contributed by atoms with Crippen molar-refractivity contribution < 1.29 is 19.0 Å². The van der Waals surface area contributed by atoms with Gasteiger partial charge in [0.25, 0.3) is 5.91 Å². The van der Waals surface area contributed by atoms with Gasteiger partial charge in [0.15, 0.2) is 18.1 Å². The van der Waals surface area contributed by atoms with E-state index in [2.05, 4.69) is 4.98 Å². The number of aromatic nitrogens is 1. The van der Waals surface area contributed by atoms with E-state index in [-0.39, 0.29) is 19.3 Å². The number of amides is 1. The number of fused-ring (bicyclic) bond motifs is 2. The van der Waals surface area contributed by atoms with Crippen LogP contribution in [0.15, 0.2) is 60.8 Å². The molecule has 3 heterocycles. The highest BCUT2D eigenvalue weighted by Gasteiger charge is 2.25. The summed E-state index contributed by atoms with van der Waals surface area (Å²) in [6.07, 6.45) is 1.72. The molecular formula is C22H18N2O4. The summed E-state index contributed by atoms with van der Waals surface area (Å²) >= 11 is 0. The Balaban J connectivity index is 1.48. The molecule has 2 aromatic carbocycles. The lowest BCUT2D eigenvalue weighted by atomic mass is 10.0. The zero-order valence-electron chi connectivity index (χ0n) is 15.1. The summed E-state index contributed by atoms with van der Waals surface area (Å²) in [5, 5.41) is 0. The van der Waals surface area contributed by atoms with Gasteiger partial charge in [-0.2, -0.15) is 0 Å². The molecule has 1 aromatic heterocycles. The third-order valence-corrected chi connectivity index (χ3v) is 4.95. The maximum absolute atomic E-state index is 12.7. The Morgan fingerprint density at radius 3 is 2.71 bits per heavy atom. The molecule has 0 unspecified atom stereocenters. The fourth-order valence-corrected chi connectivity index (χ4v) is 3.54. The molecule has 140 valence electrons. The minimum atomic E-state index is -0.0744. The van der Waals surface area contributed by atoms with Crippen molar-refractivity contribution in [1.82, 2.24) is 9.88 Å². The van der Waals surface area contributed by atoms with Crippen molar-refractivity contribution >= 4 is 5.91 Å². The first-order valence-corrected chi connectivity index (χ1v) is 9.10. The van der Waals surface area contributed by atoms with Crippen LogP contribution >= 0.6 is 0 Å². The van der Waals surface area contributed by atoms with Crippen molar-refractivity contribution in [3.63, 3.8) is 0 Å². The van der Waals surface area contributed by atoms with Gasteiger partial charge in [0.05, 0.1) is 6.54 Å². The molecule has 0 atom stereocenters. The second-order valence-corrected chi connectivity index (χ2v) is 6.73. The number of carbonyl (C=O) groups excluding carboxylic acids is 1. The van der Waals surface area contributed by atoms with E-state index in [1.807, 2.05) is 54.6 Å². The van der Waals surface area contributed by atoms with E-state index in [0.29, 0.717) is 24.7 Å². The SMILES string of the molecule is O=C1COc2nccc(-c3ccccc3)c2CN1Cc1ccc2c(c1)OCO2. The maximum Gasteiger partial charge on any atom is 0.261 e. The van der Waals surface area contributed by atoms with Gasteiger partial charge in [0.1, 0.15) is 0 Å². The van der Waals surface area contributed by atoms with Crippen LogP contribution in [0.4, 0.5) is 0 Å². The molecule has 0 saturated heterocycles. The normalized spacial score (nSPS) is 15.0. The second kappa shape index (κ2) is 6.88. The standard InChI is InChI=1S/C22H18N2O4/c25-21-13-26-22-18(17(8-9-23-22)16-4-2-1-3-5-16)12-24(21)11-15-6-7-19-20(10-15)28-14-27-19/h1-10H,11-14H2. The number of ether oxygens (including phenoxy) is 3. The van der Waals surface area contributed by atoms with Crippen LogP contribution in [0.2, 0.25) is 0 Å². The van der Waals surface area contributed by atoms with Crippen molar-refractivity contribution in [1.29, 1.82) is 0 Å². The second-order valence-electron chi connectivity index (χ2n) is 6.73. The van der Waals surface area contributed by atoms with E-state index >= 15 is 0 Å². The van der Waals surface area contributed by atoms with Crippen LogP contribution in [0.3, 0.4) is 0 Å². The summed E-state index contributed by atoms with van der Waals surface area (Å²) in [4.78, 5) is 18.8. The quantitative estimate of drug-likeness (QED) is 0.703. The molecule has 1 amide bonds. The van der Waals surface area contributed by atoms with Crippen molar-refractivity contribution in [2.24, 2.45) is 0 Å². The fraction of sp³-hybridized carbons (Fsp3) is 0.182. The van der Waals surface area contributed by atoms with Gasteiger partial charge in [-0.05, 0) is 34.9 Å². The Bertz CT molecular complexity index is 1040. The summed E-state index contributed by atoms with van der Waals surface area (Å²) in [5.41, 5.74) is 3.99. The number of hydrogen-bond acceptors (Lipinski definition) is 5. The molecule has 0 saturated carbocycles. The van der Waals surface area contributed by atoms with Gasteiger partial charge < -0.3 is 19.1 Å². The molecule has 2 aliphatic heterocycles. The third-order valence-electron chi connectivity index (χ3n) is 4.95. The first-order chi connectivity index (χ1) is 13.8. The molecule has 0 fully saturated rings. The lowest BCUT2D eigenvalue weighted by Gasteiger charge is -2.21. The van der Waals surface area contributed by atoms with Crippen molar-refractivity contribution in [3.8, 4) is 28.5 Å². The highest BCUT2D eigenvalue weighted by molar-refractivity contribution is 5.80. The number of carbonyl (C=O) groups is 1. The average molecular weight is 374 g/mol. The van der Waals surface area contributed by atoms with Gasteiger partial charge in [0.2, 0.25) is 12.7 Å². The molecule has 0 bridgehead atoms. The molecule has 6 nitrogen and oxygen atoms in total. The monoisotopic (exact) mass is 374 g/mol. The van der Waals surface area contributed by atoms with Crippen LogP contribution < -0.4 is 14.2 Å². The summed E-state index contributed by atoms with van der Waals surface area (Å²) < 4.78 is 16.5. The van der Waals surface area contributed by atoms with E-state index in [9.17, 15) is 4.79 Å². The maximum atomic E-state index is 12.7. The van der Waals surface area contributed by atoms with Crippen LogP contribution in [0, 0.1) is 0 Å². The first kappa shape index (κ1) is 16.6. The molecule has 5 rings (SSSR count). The molecule has 6 heteroatoms. The topological polar surface area (TPSA) is 60.9 Å². The summed E-state index contributed by atoms with van der Waals surface area (Å²) in [7, 11) is 0. The van der Waals surface area contributed by atoms with Crippen molar-refractivity contribution in [2.75, 3.05) is 13.4 Å². The highest BCUT2D eigenvalue weighted by atomic mass is 16.7. The van der Waals surface area contributed by atoms with E-state index in [1.165, 1.54) is 0 Å². The lowest BCUT2D eigenvalue weighted by Crippen LogP contribution is -2.31. The summed E-state index contributed by atoms with van der Waals surface area (Å²) in [6, 6.07) is 17.8. The van der Waals surface area contributed by atoms with Crippen LogP contribution in [0.1, 0.15) is 11.1 Å². The predicted molar refractivity (Wildman–Crippen MR) is 102 cm³/mol. The molecular weight excluding hydrogens is 356 g/mol. The molecule has 0 spiro atoms. The van der Waals surface area contributed by atoms with Crippen LogP contribution in [0.25, 0.3) is 11.1 Å². The number of nitrogens with zero attached hydrogens (tertiary/aromatic N) is 2. The largest absolute Gasteiger partial charge is 0.467 e. The minimum Gasteiger partial charge on any atom is -0.467 e. The van der Waals surface area contributed by atoms with E-state index < -0.39 is 0 Å². The van der Waals surface area contributed by atoms with Gasteiger partial charge in [0, 0.05) is 18.3 Å². The zero-order chi connectivity index (χ0) is 18.9. The van der Waals surface area contributed by atoms with Crippen LogP contribution in [-0.4, -0.2) is 29.2 Å². The summed E-state index contributed by atoms with van der Waals surface area (Å²) in [6.45, 7) is 1.10. The molecule has 0 aliphatic carbocycles.